The van der Waals surface area contributed by atoms with Crippen molar-refractivity contribution in [1.82, 2.24) is 0 Å². The molecule has 2 atom stereocenters. The molecular weight excluding hydrogens is 218 g/mol. The molecule has 1 aromatic carbocycles. The van der Waals surface area contributed by atoms with E-state index >= 15 is 0 Å². The first-order valence-corrected chi connectivity index (χ1v) is 7.40. The lowest BCUT2D eigenvalue weighted by Gasteiger charge is -2.24. The van der Waals surface area contributed by atoms with Crippen molar-refractivity contribution in [3.8, 4) is 0 Å². The highest BCUT2D eigenvalue weighted by atomic mass is 14.6. The summed E-state index contributed by atoms with van der Waals surface area (Å²) in [5.41, 5.74) is 10.7. The molecule has 0 saturated heterocycles. The molecule has 0 bridgehead atoms. The van der Waals surface area contributed by atoms with E-state index in [-0.39, 0.29) is 0 Å². The molecule has 0 saturated carbocycles. The van der Waals surface area contributed by atoms with E-state index in [1.165, 1.54) is 42.4 Å². The lowest BCUT2D eigenvalue weighted by Crippen LogP contribution is -2.32. The molecule has 18 heavy (non-hydrogen) atoms. The van der Waals surface area contributed by atoms with Gasteiger partial charge in [-0.1, -0.05) is 51.3 Å². The summed E-state index contributed by atoms with van der Waals surface area (Å²) in [7, 11) is 0. The topological polar surface area (TPSA) is 26.0 Å². The third-order valence-corrected chi connectivity index (χ3v) is 4.14. The number of unbranched alkanes of at least 4 members (excludes halogenated alkanes) is 1. The molecule has 0 heterocycles. The Morgan fingerprint density at radius 1 is 1.11 bits per heavy atom. The van der Waals surface area contributed by atoms with Gasteiger partial charge in [0.1, 0.15) is 0 Å². The maximum Gasteiger partial charge on any atom is 0.0108 e. The minimum absolute atomic E-state index is 0.307. The molecule has 1 aromatic rings. The summed E-state index contributed by atoms with van der Waals surface area (Å²) in [5.74, 6) is 0.670. The Morgan fingerprint density at radius 2 is 1.72 bits per heavy atom. The number of nitrogens with two attached hydrogens (primary N) is 1. The van der Waals surface area contributed by atoms with Gasteiger partial charge in [-0.3, -0.25) is 0 Å². The predicted octanol–water partition coefficient (Wildman–Crippen LogP) is 4.39. The summed E-state index contributed by atoms with van der Waals surface area (Å²) in [4.78, 5) is 0. The van der Waals surface area contributed by atoms with Crippen LogP contribution in [0.4, 0.5) is 0 Å². The van der Waals surface area contributed by atoms with Gasteiger partial charge < -0.3 is 5.73 Å². The third kappa shape index (κ3) is 4.13. The minimum atomic E-state index is 0.307. The van der Waals surface area contributed by atoms with E-state index in [0.717, 1.165) is 6.42 Å². The van der Waals surface area contributed by atoms with Crippen molar-refractivity contribution in [2.45, 2.75) is 65.8 Å². The van der Waals surface area contributed by atoms with Gasteiger partial charge in [0.15, 0.2) is 0 Å². The number of rotatable bonds is 7. The van der Waals surface area contributed by atoms with Crippen LogP contribution in [0.5, 0.6) is 0 Å². The fraction of sp³-hybridized carbons (Fsp3) is 0.647. The zero-order valence-corrected chi connectivity index (χ0v) is 12.5. The first-order valence-electron chi connectivity index (χ1n) is 7.40. The molecule has 0 spiro atoms. The second kappa shape index (κ2) is 7.58. The number of benzene rings is 1. The zero-order valence-electron chi connectivity index (χ0n) is 12.5. The van der Waals surface area contributed by atoms with E-state index in [4.69, 9.17) is 5.73 Å². The highest BCUT2D eigenvalue weighted by Crippen LogP contribution is 2.22. The molecule has 0 aliphatic carbocycles. The molecule has 2 unspecified atom stereocenters. The maximum absolute atomic E-state index is 6.44. The van der Waals surface area contributed by atoms with E-state index in [1.807, 2.05) is 0 Å². The Bertz CT molecular complexity index is 336. The normalized spacial score (nSPS) is 14.5. The lowest BCUT2D eigenvalue weighted by atomic mass is 9.86. The van der Waals surface area contributed by atoms with Crippen LogP contribution in [0.2, 0.25) is 0 Å². The third-order valence-electron chi connectivity index (χ3n) is 4.14. The Hall–Kier alpha value is -0.820. The van der Waals surface area contributed by atoms with Crippen LogP contribution < -0.4 is 5.73 Å². The molecule has 0 amide bonds. The maximum atomic E-state index is 6.44. The van der Waals surface area contributed by atoms with Crippen molar-refractivity contribution in [2.24, 2.45) is 11.7 Å². The van der Waals surface area contributed by atoms with E-state index in [0.29, 0.717) is 12.0 Å². The summed E-state index contributed by atoms with van der Waals surface area (Å²) >= 11 is 0. The summed E-state index contributed by atoms with van der Waals surface area (Å²) < 4.78 is 0. The SMILES string of the molecule is CCCCC(CC)C(N)Cc1c(C)cccc1C. The number of hydrogen-bond acceptors (Lipinski definition) is 1. The quantitative estimate of drug-likeness (QED) is 0.760. The molecule has 0 aromatic heterocycles. The second-order valence-electron chi connectivity index (χ2n) is 5.55. The molecule has 0 aliphatic heterocycles. The molecule has 0 aliphatic rings. The highest BCUT2D eigenvalue weighted by molar-refractivity contribution is 5.34. The van der Waals surface area contributed by atoms with Crippen molar-refractivity contribution in [3.63, 3.8) is 0 Å². The van der Waals surface area contributed by atoms with E-state index in [1.54, 1.807) is 0 Å². The molecular formula is C17H29N. The van der Waals surface area contributed by atoms with Crippen LogP contribution in [0.25, 0.3) is 0 Å². The Balaban J connectivity index is 2.70. The second-order valence-corrected chi connectivity index (χ2v) is 5.55. The molecule has 0 fully saturated rings. The van der Waals surface area contributed by atoms with Gasteiger partial charge in [-0.2, -0.15) is 0 Å². The van der Waals surface area contributed by atoms with Gasteiger partial charge in [-0.15, -0.1) is 0 Å². The first-order chi connectivity index (χ1) is 8.60. The fourth-order valence-corrected chi connectivity index (χ4v) is 2.76. The monoisotopic (exact) mass is 247 g/mol. The van der Waals surface area contributed by atoms with Crippen LogP contribution in [0, 0.1) is 19.8 Å². The van der Waals surface area contributed by atoms with Crippen molar-refractivity contribution in [1.29, 1.82) is 0 Å². The minimum Gasteiger partial charge on any atom is -0.327 e. The standard InChI is InChI=1S/C17H29N/c1-5-7-11-15(6-2)17(18)12-16-13(3)9-8-10-14(16)4/h8-10,15,17H,5-7,11-12,18H2,1-4H3. The van der Waals surface area contributed by atoms with Gasteiger partial charge in [0, 0.05) is 6.04 Å². The van der Waals surface area contributed by atoms with E-state index in [2.05, 4.69) is 45.9 Å². The van der Waals surface area contributed by atoms with Gasteiger partial charge in [0.05, 0.1) is 0 Å². The van der Waals surface area contributed by atoms with Gasteiger partial charge >= 0.3 is 0 Å². The Morgan fingerprint density at radius 3 is 2.22 bits per heavy atom. The van der Waals surface area contributed by atoms with Crippen LogP contribution >= 0.6 is 0 Å². The zero-order chi connectivity index (χ0) is 13.5. The number of aryl methyl sites for hydroxylation is 2. The van der Waals surface area contributed by atoms with Gasteiger partial charge in [0.2, 0.25) is 0 Å². The molecule has 1 nitrogen and oxygen atoms in total. The smallest absolute Gasteiger partial charge is 0.0108 e. The average molecular weight is 247 g/mol. The van der Waals surface area contributed by atoms with Gasteiger partial charge in [-0.05, 0) is 49.3 Å². The summed E-state index contributed by atoms with van der Waals surface area (Å²) in [6.07, 6.45) is 6.08. The van der Waals surface area contributed by atoms with Crippen LogP contribution in [0.15, 0.2) is 18.2 Å². The molecule has 102 valence electrons. The summed E-state index contributed by atoms with van der Waals surface area (Å²) in [6, 6.07) is 6.83. The molecule has 0 radical (unpaired) electrons. The van der Waals surface area contributed by atoms with Crippen LogP contribution in [0.3, 0.4) is 0 Å². The molecule has 1 rings (SSSR count). The lowest BCUT2D eigenvalue weighted by molar-refractivity contribution is 0.368. The predicted molar refractivity (Wildman–Crippen MR) is 80.9 cm³/mol. The van der Waals surface area contributed by atoms with Crippen LogP contribution in [-0.2, 0) is 6.42 Å². The van der Waals surface area contributed by atoms with Gasteiger partial charge in [0.25, 0.3) is 0 Å². The van der Waals surface area contributed by atoms with Crippen molar-refractivity contribution in [2.75, 3.05) is 0 Å². The highest BCUT2D eigenvalue weighted by Gasteiger charge is 2.17. The van der Waals surface area contributed by atoms with Gasteiger partial charge in [-0.25, -0.2) is 0 Å². The fourth-order valence-electron chi connectivity index (χ4n) is 2.76. The Labute approximate surface area is 113 Å². The van der Waals surface area contributed by atoms with Crippen molar-refractivity contribution < 1.29 is 0 Å². The van der Waals surface area contributed by atoms with Crippen molar-refractivity contribution >= 4 is 0 Å². The number of hydrogen-bond donors (Lipinski definition) is 1. The van der Waals surface area contributed by atoms with E-state index < -0.39 is 0 Å². The Kier molecular flexibility index (Phi) is 6.42. The van der Waals surface area contributed by atoms with Crippen molar-refractivity contribution in [3.05, 3.63) is 34.9 Å². The largest absolute Gasteiger partial charge is 0.327 e. The molecule has 2 N–H and O–H groups in total. The van der Waals surface area contributed by atoms with Crippen LogP contribution in [0.1, 0.15) is 56.2 Å². The van der Waals surface area contributed by atoms with Crippen LogP contribution in [-0.4, -0.2) is 6.04 Å². The van der Waals surface area contributed by atoms with E-state index in [9.17, 15) is 0 Å². The summed E-state index contributed by atoms with van der Waals surface area (Å²) in [5, 5.41) is 0. The summed E-state index contributed by atoms with van der Waals surface area (Å²) in [6.45, 7) is 8.92. The first kappa shape index (κ1) is 15.2. The average Bonchev–Trinajstić information content (AvgIpc) is 2.35. The molecule has 1 heteroatoms.